The van der Waals surface area contributed by atoms with E-state index in [1.165, 1.54) is 6.08 Å². The van der Waals surface area contributed by atoms with Gasteiger partial charge in [-0.3, -0.25) is 0 Å². The van der Waals surface area contributed by atoms with Crippen LogP contribution < -0.4 is 0 Å². The normalized spacial score (nSPS) is 11.2. The smallest absolute Gasteiger partial charge is 0.348 e. The van der Waals surface area contributed by atoms with E-state index in [1.807, 2.05) is 44.2 Å². The van der Waals surface area contributed by atoms with E-state index in [9.17, 15) is 4.79 Å². The molecule has 0 spiro atoms. The third-order valence-corrected chi connectivity index (χ3v) is 2.54. The fraction of sp³-hybridized carbons (Fsp3) is 0.286. The van der Waals surface area contributed by atoms with Gasteiger partial charge in [0, 0.05) is 4.47 Å². The second-order valence-corrected chi connectivity index (χ2v) is 5.13. The summed E-state index contributed by atoms with van der Waals surface area (Å²) >= 11 is 3.33. The van der Waals surface area contributed by atoms with Crippen LogP contribution in [0, 0.1) is 17.2 Å². The van der Waals surface area contributed by atoms with Gasteiger partial charge in [-0.15, -0.1) is 0 Å². The third-order valence-electron chi connectivity index (χ3n) is 2.05. The number of halogens is 1. The van der Waals surface area contributed by atoms with Crippen LogP contribution in [0.4, 0.5) is 0 Å². The molecule has 0 radical (unpaired) electrons. The van der Waals surface area contributed by atoms with Crippen LogP contribution in [0.3, 0.4) is 0 Å². The van der Waals surface area contributed by atoms with Crippen molar-refractivity contribution in [2.24, 2.45) is 5.92 Å². The number of rotatable bonds is 4. The molecule has 0 atom stereocenters. The van der Waals surface area contributed by atoms with E-state index < -0.39 is 5.97 Å². The summed E-state index contributed by atoms with van der Waals surface area (Å²) in [6.45, 7) is 4.20. The molecule has 0 fully saturated rings. The number of nitrogens with zero attached hydrogens (tertiary/aromatic N) is 1. The maximum Gasteiger partial charge on any atom is 0.348 e. The van der Waals surface area contributed by atoms with Crippen molar-refractivity contribution < 1.29 is 9.53 Å². The highest BCUT2D eigenvalue weighted by Crippen LogP contribution is 2.15. The molecule has 0 aliphatic heterocycles. The maximum atomic E-state index is 11.6. The van der Waals surface area contributed by atoms with E-state index in [0.29, 0.717) is 6.61 Å². The molecule has 18 heavy (non-hydrogen) atoms. The van der Waals surface area contributed by atoms with Crippen LogP contribution in [0.15, 0.2) is 34.3 Å². The van der Waals surface area contributed by atoms with Crippen molar-refractivity contribution in [3.05, 3.63) is 39.9 Å². The van der Waals surface area contributed by atoms with Crippen LogP contribution in [0.2, 0.25) is 0 Å². The summed E-state index contributed by atoms with van der Waals surface area (Å²) in [5, 5.41) is 8.96. The molecular weight excluding hydrogens is 294 g/mol. The summed E-state index contributed by atoms with van der Waals surface area (Å²) in [6, 6.07) is 9.22. The molecule has 0 saturated carbocycles. The zero-order valence-electron chi connectivity index (χ0n) is 10.3. The van der Waals surface area contributed by atoms with Gasteiger partial charge in [0.2, 0.25) is 0 Å². The molecule has 4 heteroatoms. The molecule has 0 bridgehead atoms. The van der Waals surface area contributed by atoms with E-state index in [1.54, 1.807) is 0 Å². The lowest BCUT2D eigenvalue weighted by molar-refractivity contribution is -0.139. The van der Waals surface area contributed by atoms with Gasteiger partial charge in [-0.25, -0.2) is 4.79 Å². The molecule has 3 nitrogen and oxygen atoms in total. The number of esters is 1. The van der Waals surface area contributed by atoms with Crippen LogP contribution in [0.1, 0.15) is 19.4 Å². The fourth-order valence-corrected chi connectivity index (χ4v) is 1.64. The molecule has 94 valence electrons. The van der Waals surface area contributed by atoms with Crippen molar-refractivity contribution in [1.82, 2.24) is 0 Å². The second kappa shape index (κ2) is 6.97. The van der Waals surface area contributed by atoms with Crippen LogP contribution >= 0.6 is 15.9 Å². The Morgan fingerprint density at radius 2 is 2.28 bits per heavy atom. The Balaban J connectivity index is 2.83. The minimum atomic E-state index is -0.578. The van der Waals surface area contributed by atoms with Crippen molar-refractivity contribution in [3.8, 4) is 6.07 Å². The minimum Gasteiger partial charge on any atom is -0.461 e. The monoisotopic (exact) mass is 307 g/mol. The zero-order chi connectivity index (χ0) is 13.5. The quantitative estimate of drug-likeness (QED) is 0.485. The van der Waals surface area contributed by atoms with Gasteiger partial charge >= 0.3 is 5.97 Å². The lowest BCUT2D eigenvalue weighted by Crippen LogP contribution is -2.11. The van der Waals surface area contributed by atoms with Crippen molar-refractivity contribution in [2.75, 3.05) is 6.61 Å². The second-order valence-electron chi connectivity index (χ2n) is 4.22. The molecule has 1 aromatic carbocycles. The lowest BCUT2D eigenvalue weighted by Gasteiger charge is -2.06. The number of carbonyl (C=O) groups is 1. The Kier molecular flexibility index (Phi) is 5.60. The van der Waals surface area contributed by atoms with E-state index in [4.69, 9.17) is 10.00 Å². The maximum absolute atomic E-state index is 11.6. The predicted octanol–water partition coefficient (Wildman–Crippen LogP) is 3.56. The third kappa shape index (κ3) is 4.72. The molecule has 0 saturated heterocycles. The molecule has 0 heterocycles. The number of benzene rings is 1. The van der Waals surface area contributed by atoms with Crippen molar-refractivity contribution in [2.45, 2.75) is 13.8 Å². The first-order chi connectivity index (χ1) is 8.52. The standard InChI is InChI=1S/C14H14BrNO2/c1-10(2)9-18-14(17)12(8-16)6-11-4-3-5-13(15)7-11/h3-7,10H,9H2,1-2H3. The van der Waals surface area contributed by atoms with E-state index in [0.717, 1.165) is 10.0 Å². The summed E-state index contributed by atoms with van der Waals surface area (Å²) < 4.78 is 5.91. The fourth-order valence-electron chi connectivity index (χ4n) is 1.22. The molecule has 0 unspecified atom stereocenters. The number of nitriles is 1. The highest BCUT2D eigenvalue weighted by atomic mass is 79.9. The Morgan fingerprint density at radius 1 is 1.56 bits per heavy atom. The number of hydrogen-bond acceptors (Lipinski definition) is 3. The Morgan fingerprint density at radius 3 is 2.83 bits per heavy atom. The average Bonchev–Trinajstić information content (AvgIpc) is 2.33. The molecule has 0 aliphatic rings. The van der Waals surface area contributed by atoms with E-state index in [-0.39, 0.29) is 11.5 Å². The van der Waals surface area contributed by atoms with Crippen LogP contribution in [-0.4, -0.2) is 12.6 Å². The van der Waals surface area contributed by atoms with Gasteiger partial charge < -0.3 is 4.74 Å². The predicted molar refractivity (Wildman–Crippen MR) is 73.5 cm³/mol. The highest BCUT2D eigenvalue weighted by Gasteiger charge is 2.11. The zero-order valence-corrected chi connectivity index (χ0v) is 11.9. The summed E-state index contributed by atoms with van der Waals surface area (Å²) in [6.07, 6.45) is 1.52. The SMILES string of the molecule is CC(C)COC(=O)C(C#N)=Cc1cccc(Br)c1. The van der Waals surface area contributed by atoms with Crippen LogP contribution in [-0.2, 0) is 9.53 Å². The van der Waals surface area contributed by atoms with Crippen molar-refractivity contribution in [3.63, 3.8) is 0 Å². The molecule has 0 aromatic heterocycles. The Hall–Kier alpha value is -1.60. The van der Waals surface area contributed by atoms with Gasteiger partial charge in [0.25, 0.3) is 0 Å². The molecule has 1 rings (SSSR count). The molecule has 0 amide bonds. The molecular formula is C14H14BrNO2. The highest BCUT2D eigenvalue weighted by molar-refractivity contribution is 9.10. The average molecular weight is 308 g/mol. The first-order valence-electron chi connectivity index (χ1n) is 5.57. The van der Waals surface area contributed by atoms with Crippen LogP contribution in [0.25, 0.3) is 6.08 Å². The molecule has 1 aromatic rings. The lowest BCUT2D eigenvalue weighted by atomic mass is 10.1. The van der Waals surface area contributed by atoms with Gasteiger partial charge in [0.05, 0.1) is 6.61 Å². The minimum absolute atomic E-state index is 0.00810. The van der Waals surface area contributed by atoms with Gasteiger partial charge in [-0.1, -0.05) is 41.9 Å². The Labute approximate surface area is 115 Å². The van der Waals surface area contributed by atoms with Crippen molar-refractivity contribution >= 4 is 28.0 Å². The topological polar surface area (TPSA) is 50.1 Å². The summed E-state index contributed by atoms with van der Waals surface area (Å²) in [7, 11) is 0. The molecule has 0 aliphatic carbocycles. The van der Waals surface area contributed by atoms with E-state index >= 15 is 0 Å². The van der Waals surface area contributed by atoms with Crippen LogP contribution in [0.5, 0.6) is 0 Å². The first-order valence-corrected chi connectivity index (χ1v) is 6.36. The number of ether oxygens (including phenoxy) is 1. The van der Waals surface area contributed by atoms with Gasteiger partial charge in [0.1, 0.15) is 11.6 Å². The molecule has 0 N–H and O–H groups in total. The van der Waals surface area contributed by atoms with Crippen molar-refractivity contribution in [1.29, 1.82) is 5.26 Å². The largest absolute Gasteiger partial charge is 0.461 e. The van der Waals surface area contributed by atoms with Gasteiger partial charge in [0.15, 0.2) is 0 Å². The summed E-state index contributed by atoms with van der Waals surface area (Å²) in [5.41, 5.74) is 0.788. The summed E-state index contributed by atoms with van der Waals surface area (Å²) in [4.78, 5) is 11.6. The first kappa shape index (κ1) is 14.5. The van der Waals surface area contributed by atoms with E-state index in [2.05, 4.69) is 15.9 Å². The number of carbonyl (C=O) groups excluding carboxylic acids is 1. The number of hydrogen-bond donors (Lipinski definition) is 0. The Bertz CT molecular complexity index is 501. The summed E-state index contributed by atoms with van der Waals surface area (Å²) in [5.74, 6) is -0.328. The van der Waals surface area contributed by atoms with Gasteiger partial charge in [-0.2, -0.15) is 5.26 Å². The van der Waals surface area contributed by atoms with Gasteiger partial charge in [-0.05, 0) is 29.7 Å².